The molecule has 0 aliphatic heterocycles. The Hall–Kier alpha value is -4.91. The number of aromatic nitrogens is 1. The standard InChI is InChI=1S/C40H40ClN5O5S2/c1-3-6-24-7-9-25(10-8-24)26-11-14-30-27(21-26)12-17-33(36(30)41)51-39(48)28-13-16-32(49-19-5-20-50-35(47)4-2)29(22-28)23-43-45-40-44-38-34(53-40)18-15-31(46-52)37(38)42/h4,11-18,21-25H,2-3,5-10,19-20,42H2,1H3,(H,44,45)/b43-23+. The van der Waals surface area contributed by atoms with Crippen molar-refractivity contribution in [1.82, 2.24) is 4.98 Å². The number of nitrogen functional groups attached to an aromatic ring is 1. The number of nitrogens with two attached hydrogens (primary N) is 1. The summed E-state index contributed by atoms with van der Waals surface area (Å²) in [7, 11) is 0. The molecule has 1 heterocycles. The fraction of sp³-hybridized carbons (Fsp3) is 0.300. The summed E-state index contributed by atoms with van der Waals surface area (Å²) in [6.07, 6.45) is 10.6. The molecule has 1 aliphatic carbocycles. The van der Waals surface area contributed by atoms with Crippen molar-refractivity contribution in [2.24, 2.45) is 15.4 Å². The molecule has 0 unspecified atom stereocenters. The Morgan fingerprint density at radius 1 is 1.08 bits per heavy atom. The molecule has 0 amide bonds. The average Bonchev–Trinajstić information content (AvgIpc) is 3.60. The van der Waals surface area contributed by atoms with Crippen molar-refractivity contribution in [3.63, 3.8) is 0 Å². The lowest BCUT2D eigenvalue weighted by Crippen LogP contribution is -2.13. The molecule has 0 atom stereocenters. The van der Waals surface area contributed by atoms with Crippen LogP contribution in [0.25, 0.3) is 21.0 Å². The predicted molar refractivity (Wildman–Crippen MR) is 216 cm³/mol. The molecule has 0 saturated heterocycles. The molecule has 0 spiro atoms. The molecule has 0 bridgehead atoms. The van der Waals surface area contributed by atoms with Crippen LogP contribution in [-0.2, 0) is 22.0 Å². The number of hydrogen-bond acceptors (Lipinski definition) is 12. The number of hydrazone groups is 1. The number of benzene rings is 4. The molecule has 3 N–H and O–H groups in total. The number of nitrogens with one attached hydrogen (secondary N) is 1. The summed E-state index contributed by atoms with van der Waals surface area (Å²) in [5, 5.41) is 7.07. The van der Waals surface area contributed by atoms with Crippen molar-refractivity contribution in [2.75, 3.05) is 24.4 Å². The fourth-order valence-electron chi connectivity index (χ4n) is 6.64. The van der Waals surface area contributed by atoms with Crippen molar-refractivity contribution in [1.29, 1.82) is 0 Å². The van der Waals surface area contributed by atoms with Gasteiger partial charge >= 0.3 is 11.9 Å². The van der Waals surface area contributed by atoms with E-state index in [0.29, 0.717) is 50.7 Å². The van der Waals surface area contributed by atoms with Crippen LogP contribution >= 0.6 is 22.9 Å². The monoisotopic (exact) mass is 769 g/mol. The molecule has 13 heteroatoms. The van der Waals surface area contributed by atoms with E-state index in [1.165, 1.54) is 61.6 Å². The molecule has 1 aliphatic rings. The molecule has 0 radical (unpaired) electrons. The summed E-state index contributed by atoms with van der Waals surface area (Å²) in [6, 6.07) is 18.6. The average molecular weight is 770 g/mol. The van der Waals surface area contributed by atoms with Gasteiger partial charge in [0.05, 0.1) is 40.4 Å². The third-order valence-electron chi connectivity index (χ3n) is 9.40. The van der Waals surface area contributed by atoms with Crippen LogP contribution in [0.5, 0.6) is 11.5 Å². The molecule has 1 aromatic heterocycles. The second kappa shape index (κ2) is 17.7. The quantitative estimate of drug-likeness (QED) is 0.0203. The first-order valence-electron chi connectivity index (χ1n) is 17.6. The van der Waals surface area contributed by atoms with Crippen molar-refractivity contribution in [2.45, 2.75) is 57.8 Å². The van der Waals surface area contributed by atoms with Crippen LogP contribution < -0.4 is 20.6 Å². The predicted octanol–water partition coefficient (Wildman–Crippen LogP) is 10.3. The van der Waals surface area contributed by atoms with Crippen LogP contribution in [0.3, 0.4) is 0 Å². The molecule has 6 rings (SSSR count). The van der Waals surface area contributed by atoms with E-state index in [4.69, 9.17) is 44.0 Å². The molecule has 4 aromatic carbocycles. The minimum atomic E-state index is -0.596. The summed E-state index contributed by atoms with van der Waals surface area (Å²) in [5.74, 6) is 1.02. The number of carbonyl (C=O) groups excluding carboxylic acids is 2. The van der Waals surface area contributed by atoms with Crippen LogP contribution in [0.4, 0.5) is 16.5 Å². The minimum Gasteiger partial charge on any atom is -0.493 e. The van der Waals surface area contributed by atoms with Gasteiger partial charge < -0.3 is 19.9 Å². The van der Waals surface area contributed by atoms with Gasteiger partial charge in [0.1, 0.15) is 22.7 Å². The van der Waals surface area contributed by atoms with Crippen molar-refractivity contribution in [3.8, 4) is 11.5 Å². The van der Waals surface area contributed by atoms with Crippen molar-refractivity contribution in [3.05, 3.63) is 95.0 Å². The highest BCUT2D eigenvalue weighted by Gasteiger charge is 2.23. The lowest BCUT2D eigenvalue weighted by atomic mass is 9.77. The van der Waals surface area contributed by atoms with Gasteiger partial charge in [0.15, 0.2) is 0 Å². The lowest BCUT2D eigenvalue weighted by molar-refractivity contribution is -0.137. The molecule has 5 aromatic rings. The summed E-state index contributed by atoms with van der Waals surface area (Å²) in [5.41, 5.74) is 12.6. The number of rotatable bonds is 15. The van der Waals surface area contributed by atoms with E-state index >= 15 is 0 Å². The minimum absolute atomic E-state index is 0.162. The first kappa shape index (κ1) is 37.8. The van der Waals surface area contributed by atoms with Crippen LogP contribution in [-0.4, -0.2) is 36.4 Å². The first-order valence-corrected chi connectivity index (χ1v) is 19.2. The van der Waals surface area contributed by atoms with Gasteiger partial charge in [-0.05, 0) is 84.9 Å². The molecule has 1 fully saturated rings. The number of thiazole rings is 1. The van der Waals surface area contributed by atoms with Crippen molar-refractivity contribution >= 4 is 91.0 Å². The summed E-state index contributed by atoms with van der Waals surface area (Å²) >= 11 is 13.0. The van der Waals surface area contributed by atoms with Gasteiger partial charge in [0.2, 0.25) is 5.13 Å². The van der Waals surface area contributed by atoms with Gasteiger partial charge in [-0.1, -0.05) is 73.5 Å². The van der Waals surface area contributed by atoms with E-state index in [1.54, 1.807) is 30.3 Å². The topological polar surface area (TPSA) is 137 Å². The van der Waals surface area contributed by atoms with E-state index in [2.05, 4.69) is 45.5 Å². The second-order valence-corrected chi connectivity index (χ2v) is 14.5. The molecule has 274 valence electrons. The number of esters is 2. The number of anilines is 2. The third-order valence-corrected chi connectivity index (χ3v) is 10.9. The number of carbonyl (C=O) groups is 2. The van der Waals surface area contributed by atoms with E-state index in [0.717, 1.165) is 27.5 Å². The zero-order valence-electron chi connectivity index (χ0n) is 29.3. The number of nitrogens with zero attached hydrogens (tertiary/aromatic N) is 3. The normalized spacial score (nSPS) is 15.7. The number of fused-ring (bicyclic) bond motifs is 2. The maximum atomic E-state index is 13.5. The molecular formula is C40H40ClN5O5S2. The molecule has 10 nitrogen and oxygen atoms in total. The zero-order valence-corrected chi connectivity index (χ0v) is 31.7. The Labute approximate surface area is 322 Å². The van der Waals surface area contributed by atoms with E-state index in [9.17, 15) is 9.59 Å². The van der Waals surface area contributed by atoms with E-state index in [1.807, 2.05) is 18.2 Å². The second-order valence-electron chi connectivity index (χ2n) is 12.9. The van der Waals surface area contributed by atoms with Gasteiger partial charge in [-0.3, -0.25) is 5.43 Å². The van der Waals surface area contributed by atoms with Gasteiger partial charge in [0.25, 0.3) is 0 Å². The SMILES string of the molecule is C=CC(=O)OCCCOc1ccc(C(=O)Oc2ccc3cc(C4CCC(CCC)CC4)ccc3c2Cl)cc1/C=N/Nc1nc2c(N)c(N=S)ccc2s1. The Kier molecular flexibility index (Phi) is 12.7. The third kappa shape index (κ3) is 9.19. The van der Waals surface area contributed by atoms with E-state index < -0.39 is 11.9 Å². The number of hydrogen-bond donors (Lipinski definition) is 2. The van der Waals surface area contributed by atoms with Gasteiger partial charge in [-0.2, -0.15) is 9.46 Å². The number of ether oxygens (including phenoxy) is 3. The van der Waals surface area contributed by atoms with Crippen LogP contribution in [0.15, 0.2) is 82.8 Å². The smallest absolute Gasteiger partial charge is 0.343 e. The lowest BCUT2D eigenvalue weighted by Gasteiger charge is -2.28. The van der Waals surface area contributed by atoms with E-state index in [-0.39, 0.29) is 24.5 Å². The Bertz CT molecular complexity index is 2180. The summed E-state index contributed by atoms with van der Waals surface area (Å²) < 4.78 is 21.5. The Morgan fingerprint density at radius 2 is 1.89 bits per heavy atom. The van der Waals surface area contributed by atoms with Gasteiger partial charge in [-0.25, -0.2) is 14.6 Å². The highest BCUT2D eigenvalue weighted by molar-refractivity contribution is 7.47. The Balaban J connectivity index is 1.18. The summed E-state index contributed by atoms with van der Waals surface area (Å²) in [6.45, 7) is 6.06. The molecular weight excluding hydrogens is 730 g/mol. The zero-order chi connectivity index (χ0) is 37.3. The Morgan fingerprint density at radius 3 is 2.66 bits per heavy atom. The maximum Gasteiger partial charge on any atom is 0.343 e. The summed E-state index contributed by atoms with van der Waals surface area (Å²) in [4.78, 5) is 29.4. The van der Waals surface area contributed by atoms with Gasteiger partial charge in [-0.15, -0.1) is 0 Å². The first-order chi connectivity index (χ1) is 25.8. The van der Waals surface area contributed by atoms with Gasteiger partial charge in [0, 0.05) is 35.9 Å². The number of halogens is 1. The van der Waals surface area contributed by atoms with Crippen LogP contribution in [0, 0.1) is 5.92 Å². The molecule has 1 saturated carbocycles. The van der Waals surface area contributed by atoms with Crippen LogP contribution in [0.2, 0.25) is 5.02 Å². The maximum absolute atomic E-state index is 13.5. The fourth-order valence-corrected chi connectivity index (χ4v) is 7.91. The highest BCUT2D eigenvalue weighted by atomic mass is 35.5. The molecule has 53 heavy (non-hydrogen) atoms. The van der Waals surface area contributed by atoms with Crippen molar-refractivity contribution < 1.29 is 23.8 Å². The largest absolute Gasteiger partial charge is 0.493 e. The van der Waals surface area contributed by atoms with Crippen LogP contribution in [0.1, 0.15) is 79.3 Å². The highest BCUT2D eigenvalue weighted by Crippen LogP contribution is 2.40.